The van der Waals surface area contributed by atoms with Gasteiger partial charge in [-0.15, -0.1) is 0 Å². The van der Waals surface area contributed by atoms with Crippen molar-refractivity contribution in [2.75, 3.05) is 0 Å². The van der Waals surface area contributed by atoms with Crippen LogP contribution in [0.2, 0.25) is 0 Å². The lowest BCUT2D eigenvalue weighted by molar-refractivity contribution is 0.282. The lowest BCUT2D eigenvalue weighted by Crippen LogP contribution is -2.15. The van der Waals surface area contributed by atoms with Gasteiger partial charge in [0.25, 0.3) is 0 Å². The van der Waals surface area contributed by atoms with Gasteiger partial charge >= 0.3 is 0 Å². The molecule has 0 radical (unpaired) electrons. The zero-order valence-corrected chi connectivity index (χ0v) is 12.6. The van der Waals surface area contributed by atoms with Crippen molar-refractivity contribution in [2.45, 2.75) is 51.9 Å². The average Bonchev–Trinajstić information content (AvgIpc) is 3.19. The Balaban J connectivity index is 1.53. The van der Waals surface area contributed by atoms with Gasteiger partial charge in [-0.1, -0.05) is 12.1 Å². The van der Waals surface area contributed by atoms with E-state index in [9.17, 15) is 0 Å². The van der Waals surface area contributed by atoms with Crippen LogP contribution in [0.3, 0.4) is 0 Å². The normalized spacial score (nSPS) is 14.6. The van der Waals surface area contributed by atoms with Gasteiger partial charge in [-0.3, -0.25) is 0 Å². The molecule has 1 aromatic carbocycles. The molecule has 1 saturated carbocycles. The maximum Gasteiger partial charge on any atom is 0.165 e. The molecule has 5 nitrogen and oxygen atoms in total. The molecule has 5 heteroatoms. The first-order valence-electron chi connectivity index (χ1n) is 7.56. The first-order chi connectivity index (χ1) is 10.2. The highest BCUT2D eigenvalue weighted by Crippen LogP contribution is 2.20. The quantitative estimate of drug-likeness (QED) is 0.850. The van der Waals surface area contributed by atoms with Gasteiger partial charge in [-0.25, -0.2) is 9.67 Å². The summed E-state index contributed by atoms with van der Waals surface area (Å²) in [7, 11) is 0. The van der Waals surface area contributed by atoms with Crippen molar-refractivity contribution in [1.82, 2.24) is 20.1 Å². The number of nitrogens with zero attached hydrogens (tertiary/aromatic N) is 3. The van der Waals surface area contributed by atoms with E-state index in [0.29, 0.717) is 12.6 Å². The Bertz CT molecular complexity index is 572. The molecule has 1 N–H and O–H groups in total. The van der Waals surface area contributed by atoms with Gasteiger partial charge < -0.3 is 10.1 Å². The molecule has 0 aliphatic heterocycles. The summed E-state index contributed by atoms with van der Waals surface area (Å²) >= 11 is 0. The van der Waals surface area contributed by atoms with Crippen LogP contribution in [0, 0.1) is 0 Å². The number of benzene rings is 1. The van der Waals surface area contributed by atoms with Crippen LogP contribution in [0.4, 0.5) is 0 Å². The van der Waals surface area contributed by atoms with E-state index >= 15 is 0 Å². The number of nitrogens with one attached hydrogen (secondary N) is 1. The summed E-state index contributed by atoms with van der Waals surface area (Å²) < 4.78 is 7.67. The number of ether oxygens (including phenoxy) is 1. The third-order valence-electron chi connectivity index (χ3n) is 3.60. The van der Waals surface area contributed by atoms with Crippen molar-refractivity contribution >= 4 is 0 Å². The molecular weight excluding hydrogens is 264 g/mol. The SMILES string of the molecule is CC(C)n1ncnc1COc1ccc(CNC2CC2)cc1. The minimum Gasteiger partial charge on any atom is -0.486 e. The zero-order chi connectivity index (χ0) is 14.7. The minimum atomic E-state index is 0.293. The molecule has 0 atom stereocenters. The summed E-state index contributed by atoms with van der Waals surface area (Å²) in [6.45, 7) is 5.55. The molecule has 1 aliphatic carbocycles. The molecule has 1 heterocycles. The van der Waals surface area contributed by atoms with E-state index < -0.39 is 0 Å². The van der Waals surface area contributed by atoms with Gasteiger partial charge in [-0.05, 0) is 44.4 Å². The van der Waals surface area contributed by atoms with E-state index in [4.69, 9.17) is 4.74 Å². The molecule has 1 aliphatic rings. The summed E-state index contributed by atoms with van der Waals surface area (Å²) in [5.74, 6) is 1.72. The van der Waals surface area contributed by atoms with E-state index in [1.165, 1.54) is 18.4 Å². The van der Waals surface area contributed by atoms with Crippen LogP contribution in [-0.2, 0) is 13.2 Å². The Morgan fingerprint density at radius 1 is 1.29 bits per heavy atom. The standard InChI is InChI=1S/C16H22N4O/c1-12(2)20-16(18-11-19-20)10-21-15-7-3-13(4-8-15)9-17-14-5-6-14/h3-4,7-8,11-12,14,17H,5-6,9-10H2,1-2H3. The van der Waals surface area contributed by atoms with Gasteiger partial charge in [0.2, 0.25) is 0 Å². The van der Waals surface area contributed by atoms with E-state index in [2.05, 4.69) is 41.4 Å². The third kappa shape index (κ3) is 3.82. The molecule has 1 fully saturated rings. The van der Waals surface area contributed by atoms with Gasteiger partial charge in [-0.2, -0.15) is 5.10 Å². The predicted molar refractivity (Wildman–Crippen MR) is 81.0 cm³/mol. The second kappa shape index (κ2) is 6.26. The fourth-order valence-corrected chi connectivity index (χ4v) is 2.21. The summed E-state index contributed by atoms with van der Waals surface area (Å²) in [6.07, 6.45) is 4.21. The van der Waals surface area contributed by atoms with Crippen LogP contribution in [0.5, 0.6) is 5.75 Å². The lowest BCUT2D eigenvalue weighted by atomic mass is 10.2. The maximum atomic E-state index is 5.79. The Morgan fingerprint density at radius 2 is 2.05 bits per heavy atom. The van der Waals surface area contributed by atoms with Gasteiger partial charge in [0.05, 0.1) is 0 Å². The van der Waals surface area contributed by atoms with Crippen LogP contribution < -0.4 is 10.1 Å². The van der Waals surface area contributed by atoms with E-state index in [1.54, 1.807) is 6.33 Å². The molecule has 21 heavy (non-hydrogen) atoms. The summed E-state index contributed by atoms with van der Waals surface area (Å²) in [6, 6.07) is 9.28. The molecule has 0 unspecified atom stereocenters. The van der Waals surface area contributed by atoms with Crippen LogP contribution in [0.25, 0.3) is 0 Å². The van der Waals surface area contributed by atoms with Crippen LogP contribution in [0.1, 0.15) is 44.1 Å². The fourth-order valence-electron chi connectivity index (χ4n) is 2.21. The Hall–Kier alpha value is -1.88. The second-order valence-corrected chi connectivity index (χ2v) is 5.80. The predicted octanol–water partition coefficient (Wildman–Crippen LogP) is 2.69. The van der Waals surface area contributed by atoms with Crippen LogP contribution in [-0.4, -0.2) is 20.8 Å². The molecule has 2 aromatic rings. The Morgan fingerprint density at radius 3 is 2.71 bits per heavy atom. The number of aromatic nitrogens is 3. The maximum absolute atomic E-state index is 5.79. The molecule has 0 bridgehead atoms. The van der Waals surface area contributed by atoms with E-state index in [1.807, 2.05) is 16.8 Å². The zero-order valence-electron chi connectivity index (χ0n) is 12.6. The highest BCUT2D eigenvalue weighted by atomic mass is 16.5. The molecular formula is C16H22N4O. The van der Waals surface area contributed by atoms with Crippen molar-refractivity contribution in [3.05, 3.63) is 42.0 Å². The number of hydrogen-bond acceptors (Lipinski definition) is 4. The van der Waals surface area contributed by atoms with Gasteiger partial charge in [0.1, 0.15) is 18.7 Å². The number of rotatable bonds is 7. The lowest BCUT2D eigenvalue weighted by Gasteiger charge is -2.11. The molecule has 1 aromatic heterocycles. The van der Waals surface area contributed by atoms with Gasteiger partial charge in [0.15, 0.2) is 5.82 Å². The smallest absolute Gasteiger partial charge is 0.165 e. The minimum absolute atomic E-state index is 0.293. The average molecular weight is 286 g/mol. The molecule has 0 amide bonds. The highest BCUT2D eigenvalue weighted by Gasteiger charge is 2.19. The Labute approximate surface area is 125 Å². The first kappa shape index (κ1) is 14.1. The topological polar surface area (TPSA) is 52.0 Å². The summed E-state index contributed by atoms with van der Waals surface area (Å²) in [5, 5.41) is 7.71. The van der Waals surface area contributed by atoms with Crippen molar-refractivity contribution < 1.29 is 4.74 Å². The van der Waals surface area contributed by atoms with Crippen molar-refractivity contribution in [1.29, 1.82) is 0 Å². The summed E-state index contributed by atoms with van der Waals surface area (Å²) in [4.78, 5) is 4.24. The largest absolute Gasteiger partial charge is 0.486 e. The van der Waals surface area contributed by atoms with E-state index in [-0.39, 0.29) is 0 Å². The second-order valence-electron chi connectivity index (χ2n) is 5.80. The fraction of sp³-hybridized carbons (Fsp3) is 0.500. The van der Waals surface area contributed by atoms with E-state index in [0.717, 1.165) is 24.2 Å². The van der Waals surface area contributed by atoms with Crippen molar-refractivity contribution in [3.8, 4) is 5.75 Å². The van der Waals surface area contributed by atoms with Crippen LogP contribution in [0.15, 0.2) is 30.6 Å². The number of hydrogen-bond donors (Lipinski definition) is 1. The molecule has 112 valence electrons. The Kier molecular flexibility index (Phi) is 4.20. The third-order valence-corrected chi connectivity index (χ3v) is 3.60. The monoisotopic (exact) mass is 286 g/mol. The highest BCUT2D eigenvalue weighted by molar-refractivity contribution is 5.27. The molecule has 0 saturated heterocycles. The summed E-state index contributed by atoms with van der Waals surface area (Å²) in [5.41, 5.74) is 1.29. The molecule has 3 rings (SSSR count). The van der Waals surface area contributed by atoms with Gasteiger partial charge in [0, 0.05) is 18.6 Å². The van der Waals surface area contributed by atoms with Crippen LogP contribution >= 0.6 is 0 Å². The van der Waals surface area contributed by atoms with Crippen molar-refractivity contribution in [3.63, 3.8) is 0 Å². The first-order valence-corrected chi connectivity index (χ1v) is 7.56. The molecule has 0 spiro atoms. The van der Waals surface area contributed by atoms with Crippen molar-refractivity contribution in [2.24, 2.45) is 0 Å².